The number of carboxylic acid groups (broad SMARTS) is 1. The van der Waals surface area contributed by atoms with Crippen molar-refractivity contribution in [2.75, 3.05) is 12.3 Å². The van der Waals surface area contributed by atoms with Crippen LogP contribution < -0.4 is 5.32 Å². The number of aliphatic carboxylic acids is 1. The van der Waals surface area contributed by atoms with Crippen LogP contribution in [0.3, 0.4) is 0 Å². The molecule has 0 amide bonds. The fourth-order valence-electron chi connectivity index (χ4n) is 2.18. The van der Waals surface area contributed by atoms with Gasteiger partial charge in [-0.25, -0.2) is 4.98 Å². The fourth-order valence-corrected chi connectivity index (χ4v) is 3.55. The van der Waals surface area contributed by atoms with Crippen molar-refractivity contribution >= 4 is 33.7 Å². The van der Waals surface area contributed by atoms with Crippen molar-refractivity contribution in [3.8, 4) is 0 Å². The van der Waals surface area contributed by atoms with Crippen LogP contribution in [0.15, 0.2) is 27.8 Å². The maximum atomic E-state index is 11.8. The molecule has 0 spiro atoms. The highest BCUT2D eigenvalue weighted by Crippen LogP contribution is 2.42. The van der Waals surface area contributed by atoms with Crippen LogP contribution >= 0.6 is 27.7 Å². The molecule has 1 unspecified atom stereocenters. The maximum absolute atomic E-state index is 11.8. The largest absolute Gasteiger partial charge is 0.480 e. The number of aromatic nitrogens is 1. The molecule has 1 saturated carbocycles. The molecular formula is C14H19BrN2O2S. The van der Waals surface area contributed by atoms with Gasteiger partial charge in [-0.2, -0.15) is 0 Å². The molecule has 1 heterocycles. The molecule has 110 valence electrons. The van der Waals surface area contributed by atoms with Crippen molar-refractivity contribution in [2.45, 2.75) is 36.8 Å². The maximum Gasteiger partial charge on any atom is 0.325 e. The first-order chi connectivity index (χ1) is 9.58. The molecule has 6 heteroatoms. The molecule has 0 aromatic carbocycles. The molecule has 0 radical (unpaired) electrons. The van der Waals surface area contributed by atoms with Crippen LogP contribution in [-0.2, 0) is 4.79 Å². The number of pyridine rings is 1. The average Bonchev–Trinajstić information content (AvgIpc) is 3.26. The van der Waals surface area contributed by atoms with Crippen molar-refractivity contribution in [3.05, 3.63) is 22.8 Å². The molecule has 1 atom stereocenters. The smallest absolute Gasteiger partial charge is 0.325 e. The van der Waals surface area contributed by atoms with Crippen molar-refractivity contribution in [1.82, 2.24) is 10.3 Å². The second kappa shape index (κ2) is 6.91. The summed E-state index contributed by atoms with van der Waals surface area (Å²) in [4.78, 5) is 16.1. The molecule has 1 aliphatic carbocycles. The van der Waals surface area contributed by atoms with E-state index in [1.165, 1.54) is 11.8 Å². The highest BCUT2D eigenvalue weighted by molar-refractivity contribution is 9.10. The zero-order chi connectivity index (χ0) is 14.6. The molecule has 0 aliphatic heterocycles. The first kappa shape index (κ1) is 15.8. The summed E-state index contributed by atoms with van der Waals surface area (Å²) in [7, 11) is 0. The van der Waals surface area contributed by atoms with Crippen LogP contribution in [0.1, 0.15) is 26.2 Å². The fraction of sp³-hybridized carbons (Fsp3) is 0.571. The van der Waals surface area contributed by atoms with Gasteiger partial charge in [-0.1, -0.05) is 6.92 Å². The molecule has 4 nitrogen and oxygen atoms in total. The van der Waals surface area contributed by atoms with E-state index >= 15 is 0 Å². The lowest BCUT2D eigenvalue weighted by Crippen LogP contribution is -2.56. The molecule has 2 N–H and O–H groups in total. The molecule has 1 aromatic rings. The topological polar surface area (TPSA) is 62.2 Å². The summed E-state index contributed by atoms with van der Waals surface area (Å²) in [6.45, 7) is 2.78. The number of hydrogen-bond donors (Lipinski definition) is 2. The number of carbonyl (C=O) groups is 1. The number of halogens is 1. The Morgan fingerprint density at radius 3 is 2.85 bits per heavy atom. The van der Waals surface area contributed by atoms with Crippen LogP contribution in [-0.4, -0.2) is 33.9 Å². The highest BCUT2D eigenvalue weighted by Gasteiger charge is 2.50. The van der Waals surface area contributed by atoms with Gasteiger partial charge >= 0.3 is 5.97 Å². The standard InChI is InChI=1S/C14H19BrN2O2S/c1-2-7-17-14(13(18)19,10-3-4-10)9-20-12-6-5-11(15)8-16-12/h5-6,8,10,17H,2-4,7,9H2,1H3,(H,18,19). The molecule has 20 heavy (non-hydrogen) atoms. The normalized spacial score (nSPS) is 17.7. The van der Waals surface area contributed by atoms with Gasteiger partial charge in [0.2, 0.25) is 0 Å². The second-order valence-electron chi connectivity index (χ2n) is 5.08. The van der Waals surface area contributed by atoms with Gasteiger partial charge in [0, 0.05) is 16.4 Å². The lowest BCUT2D eigenvalue weighted by Gasteiger charge is -2.30. The summed E-state index contributed by atoms with van der Waals surface area (Å²) < 4.78 is 0.928. The van der Waals surface area contributed by atoms with E-state index in [2.05, 4.69) is 33.2 Å². The van der Waals surface area contributed by atoms with E-state index in [1.807, 2.05) is 12.1 Å². The van der Waals surface area contributed by atoms with Gasteiger partial charge in [-0.05, 0) is 59.8 Å². The third-order valence-electron chi connectivity index (χ3n) is 3.49. The van der Waals surface area contributed by atoms with E-state index in [4.69, 9.17) is 0 Å². The van der Waals surface area contributed by atoms with Crippen LogP contribution in [0.4, 0.5) is 0 Å². The Morgan fingerprint density at radius 2 is 2.35 bits per heavy atom. The SMILES string of the molecule is CCCNC(CSc1ccc(Br)cn1)(C(=O)O)C1CC1. The van der Waals surface area contributed by atoms with E-state index < -0.39 is 11.5 Å². The lowest BCUT2D eigenvalue weighted by molar-refractivity contribution is -0.144. The molecule has 1 fully saturated rings. The minimum atomic E-state index is -0.810. The number of hydrogen-bond acceptors (Lipinski definition) is 4. The Kier molecular flexibility index (Phi) is 5.46. The summed E-state index contributed by atoms with van der Waals surface area (Å²) in [5.41, 5.74) is -0.810. The van der Waals surface area contributed by atoms with E-state index in [9.17, 15) is 9.90 Å². The van der Waals surface area contributed by atoms with Crippen molar-refractivity contribution in [2.24, 2.45) is 5.92 Å². The third kappa shape index (κ3) is 3.74. The summed E-state index contributed by atoms with van der Waals surface area (Å²) in [5, 5.41) is 13.8. The Bertz CT molecular complexity index is 465. The Hall–Kier alpha value is -0.590. The number of nitrogens with one attached hydrogen (secondary N) is 1. The molecular weight excluding hydrogens is 340 g/mol. The van der Waals surface area contributed by atoms with Gasteiger partial charge in [-0.3, -0.25) is 4.79 Å². The zero-order valence-electron chi connectivity index (χ0n) is 11.4. The average molecular weight is 359 g/mol. The van der Waals surface area contributed by atoms with Gasteiger partial charge in [0.15, 0.2) is 0 Å². The predicted molar refractivity (Wildman–Crippen MR) is 84.0 cm³/mol. The molecule has 0 bridgehead atoms. The Labute approximate surface area is 131 Å². The van der Waals surface area contributed by atoms with Crippen molar-refractivity contribution in [1.29, 1.82) is 0 Å². The molecule has 1 aromatic heterocycles. The Balaban J connectivity index is 2.06. The first-order valence-corrected chi connectivity index (χ1v) is 8.59. The van der Waals surface area contributed by atoms with Crippen LogP contribution in [0.5, 0.6) is 0 Å². The number of carboxylic acids is 1. The van der Waals surface area contributed by atoms with Crippen LogP contribution in [0, 0.1) is 5.92 Å². The third-order valence-corrected chi connectivity index (χ3v) is 5.10. The summed E-state index contributed by atoms with van der Waals surface area (Å²) >= 11 is 4.86. The highest BCUT2D eigenvalue weighted by atomic mass is 79.9. The van der Waals surface area contributed by atoms with Crippen molar-refractivity contribution in [3.63, 3.8) is 0 Å². The predicted octanol–water partition coefficient (Wildman–Crippen LogP) is 3.17. The van der Waals surface area contributed by atoms with Crippen LogP contribution in [0.25, 0.3) is 0 Å². The number of rotatable bonds is 8. The van der Waals surface area contributed by atoms with Gasteiger partial charge in [0.25, 0.3) is 0 Å². The number of nitrogens with zero attached hydrogens (tertiary/aromatic N) is 1. The van der Waals surface area contributed by atoms with Gasteiger partial charge in [0.05, 0.1) is 5.03 Å². The minimum absolute atomic E-state index is 0.245. The zero-order valence-corrected chi connectivity index (χ0v) is 13.8. The van der Waals surface area contributed by atoms with Crippen molar-refractivity contribution < 1.29 is 9.90 Å². The Morgan fingerprint density at radius 1 is 1.60 bits per heavy atom. The molecule has 0 saturated heterocycles. The monoisotopic (exact) mass is 358 g/mol. The first-order valence-electron chi connectivity index (χ1n) is 6.81. The quantitative estimate of drug-likeness (QED) is 0.698. The summed E-state index contributed by atoms with van der Waals surface area (Å²) in [5.74, 6) is 0.0225. The number of thioether (sulfide) groups is 1. The minimum Gasteiger partial charge on any atom is -0.480 e. The second-order valence-corrected chi connectivity index (χ2v) is 6.99. The van der Waals surface area contributed by atoms with Crippen LogP contribution in [0.2, 0.25) is 0 Å². The van der Waals surface area contributed by atoms with E-state index in [1.54, 1.807) is 6.20 Å². The van der Waals surface area contributed by atoms with E-state index in [0.29, 0.717) is 5.75 Å². The lowest BCUT2D eigenvalue weighted by atomic mass is 9.95. The summed E-state index contributed by atoms with van der Waals surface area (Å²) in [6, 6.07) is 3.84. The molecule has 1 aliphatic rings. The van der Waals surface area contributed by atoms with E-state index in [-0.39, 0.29) is 5.92 Å². The van der Waals surface area contributed by atoms with E-state index in [0.717, 1.165) is 35.3 Å². The van der Waals surface area contributed by atoms with Gasteiger partial charge < -0.3 is 10.4 Å². The van der Waals surface area contributed by atoms with Gasteiger partial charge in [-0.15, -0.1) is 11.8 Å². The summed E-state index contributed by atoms with van der Waals surface area (Å²) in [6.07, 6.45) is 4.67. The molecule has 2 rings (SSSR count). The van der Waals surface area contributed by atoms with Gasteiger partial charge in [0.1, 0.15) is 5.54 Å².